The molecule has 70 heavy (non-hydrogen) atoms. The van der Waals surface area contributed by atoms with Crippen LogP contribution in [0.3, 0.4) is 0 Å². The van der Waals surface area contributed by atoms with E-state index < -0.39 is 20.2 Å². The summed E-state index contributed by atoms with van der Waals surface area (Å²) in [7, 11) is -6.54. The number of hydrogen-bond acceptors (Lipinski definition) is 11. The third-order valence-electron chi connectivity index (χ3n) is 12.4. The maximum Gasteiger partial charge on any atom is 0.265 e. The summed E-state index contributed by atoms with van der Waals surface area (Å²) < 4.78 is 78.5. The number of nitrogens with zero attached hydrogens (tertiary/aromatic N) is 4. The monoisotopic (exact) mass is 1050 g/mol. The Balaban J connectivity index is 0.000000205. The van der Waals surface area contributed by atoms with Crippen molar-refractivity contribution in [3.63, 3.8) is 0 Å². The molecule has 0 saturated carbocycles. The lowest BCUT2D eigenvalue weighted by Gasteiger charge is -2.29. The predicted molar refractivity (Wildman–Crippen MR) is 294 cm³/mol. The molecule has 0 radical (unpaired) electrons. The highest BCUT2D eigenvalue weighted by Gasteiger charge is 2.31. The molecular formula is C53H54N4O7S6+2. The van der Waals surface area contributed by atoms with Crippen molar-refractivity contribution in [3.05, 3.63) is 146 Å². The van der Waals surface area contributed by atoms with Gasteiger partial charge in [-0.05, 0) is 109 Å². The number of thiophene rings is 2. The molecule has 0 atom stereocenters. The van der Waals surface area contributed by atoms with E-state index in [1.807, 2.05) is 22.9 Å². The Morgan fingerprint density at radius 3 is 2.30 bits per heavy atom. The third-order valence-corrected chi connectivity index (χ3v) is 18.0. The summed E-state index contributed by atoms with van der Waals surface area (Å²) in [4.78, 5) is 5.52. The molecule has 2 aliphatic heterocycles. The fraction of sp³-hybridized carbons (Fsp3) is 0.245. The number of allylic oxidation sites excluding steroid dienone is 3. The summed E-state index contributed by atoms with van der Waals surface area (Å²) in [5, 5.41) is 9.35. The van der Waals surface area contributed by atoms with Crippen molar-refractivity contribution in [2.45, 2.75) is 58.0 Å². The highest BCUT2D eigenvalue weighted by atomic mass is 32.2. The zero-order valence-electron chi connectivity index (χ0n) is 39.2. The van der Waals surface area contributed by atoms with Crippen LogP contribution in [0.2, 0.25) is 0 Å². The molecule has 6 heterocycles. The highest BCUT2D eigenvalue weighted by molar-refractivity contribution is 8.03. The molecular weight excluding hydrogens is 997 g/mol. The Morgan fingerprint density at radius 1 is 0.786 bits per heavy atom. The summed E-state index contributed by atoms with van der Waals surface area (Å²) in [6.07, 6.45) is 12.2. The molecule has 0 aliphatic carbocycles. The fourth-order valence-corrected chi connectivity index (χ4v) is 14.4. The number of pyridine rings is 1. The molecule has 8 aromatic rings. The van der Waals surface area contributed by atoms with E-state index in [-0.39, 0.29) is 24.3 Å². The molecule has 362 valence electrons. The van der Waals surface area contributed by atoms with Crippen LogP contribution < -0.4 is 23.7 Å². The quantitative estimate of drug-likeness (QED) is 0.0755. The van der Waals surface area contributed by atoms with Crippen molar-refractivity contribution in [1.29, 1.82) is 0 Å². The molecule has 2 N–H and O–H groups in total. The molecule has 0 spiro atoms. The van der Waals surface area contributed by atoms with Crippen molar-refractivity contribution in [2.24, 2.45) is 0 Å². The zero-order chi connectivity index (χ0) is 49.2. The number of anilines is 2. The van der Waals surface area contributed by atoms with Crippen molar-refractivity contribution in [2.75, 3.05) is 41.5 Å². The summed E-state index contributed by atoms with van der Waals surface area (Å²) in [5.74, 6) is 0.122. The Bertz CT molecular complexity index is 3630. The van der Waals surface area contributed by atoms with Gasteiger partial charge in [0.2, 0.25) is 16.7 Å². The van der Waals surface area contributed by atoms with Gasteiger partial charge in [-0.1, -0.05) is 66.4 Å². The SMILES string of the molecule is CCC(/C=C1\Sc2cc(OC)c3ccsc3c2N1CCCS(=O)(=O)O)=C\c1sc2ccc3sccc3c2[n+]1CCCS(=O)(=O)O.CCN1/C(=C/c2ccc3ccccc3[n+]2CC)C=Cc2ccccc21. The molecule has 4 aromatic carbocycles. The van der Waals surface area contributed by atoms with Crippen molar-refractivity contribution in [3.8, 4) is 5.75 Å². The predicted octanol–water partition coefficient (Wildman–Crippen LogP) is 12.5. The van der Waals surface area contributed by atoms with E-state index in [1.54, 1.807) is 52.9 Å². The number of thiazole rings is 1. The van der Waals surface area contributed by atoms with Crippen LogP contribution in [-0.2, 0) is 33.3 Å². The zero-order valence-corrected chi connectivity index (χ0v) is 44.1. The summed E-state index contributed by atoms with van der Waals surface area (Å²) >= 11 is 6.49. The molecule has 10 rings (SSSR count). The Hall–Kier alpha value is -5.37. The highest BCUT2D eigenvalue weighted by Crippen LogP contribution is 2.53. The van der Waals surface area contributed by atoms with Gasteiger partial charge in [-0.3, -0.25) is 9.11 Å². The smallest absolute Gasteiger partial charge is 0.265 e. The molecule has 0 amide bonds. The van der Waals surface area contributed by atoms with Gasteiger partial charge in [0.1, 0.15) is 17.0 Å². The number of ether oxygens (including phenoxy) is 1. The maximum absolute atomic E-state index is 11.6. The van der Waals surface area contributed by atoms with Gasteiger partial charge in [0, 0.05) is 75.5 Å². The first-order valence-corrected chi connectivity index (χ1v) is 29.7. The summed E-state index contributed by atoms with van der Waals surface area (Å²) in [6, 6.07) is 31.9. The maximum atomic E-state index is 11.6. The molecule has 0 saturated heterocycles. The minimum Gasteiger partial charge on any atom is -0.496 e. The lowest BCUT2D eigenvalue weighted by molar-refractivity contribution is -0.669. The van der Waals surface area contributed by atoms with Gasteiger partial charge in [-0.15, -0.1) is 22.7 Å². The summed E-state index contributed by atoms with van der Waals surface area (Å²) in [5.41, 5.74) is 9.40. The van der Waals surface area contributed by atoms with E-state index in [2.05, 4.69) is 149 Å². The topological polar surface area (TPSA) is 132 Å². The largest absolute Gasteiger partial charge is 0.496 e. The van der Waals surface area contributed by atoms with Crippen LogP contribution in [0.25, 0.3) is 59.5 Å². The van der Waals surface area contributed by atoms with Crippen LogP contribution in [-0.4, -0.2) is 57.6 Å². The second kappa shape index (κ2) is 21.2. The van der Waals surface area contributed by atoms with E-state index in [0.29, 0.717) is 19.5 Å². The number of methoxy groups -OCH3 is 1. The number of aromatic nitrogens is 2. The van der Waals surface area contributed by atoms with Crippen LogP contribution >= 0.6 is 45.8 Å². The van der Waals surface area contributed by atoms with E-state index in [0.717, 1.165) is 75.4 Å². The Kier molecular flexibility index (Phi) is 15.0. The molecule has 2 aliphatic rings. The number of likely N-dealkylation sites (N-methyl/N-ethyl adjacent to an activating group) is 1. The van der Waals surface area contributed by atoms with Crippen molar-refractivity contribution < 1.29 is 39.8 Å². The van der Waals surface area contributed by atoms with Crippen LogP contribution in [0.15, 0.2) is 135 Å². The van der Waals surface area contributed by atoms with Crippen LogP contribution in [0, 0.1) is 0 Å². The van der Waals surface area contributed by atoms with Gasteiger partial charge >= 0.3 is 0 Å². The Morgan fingerprint density at radius 2 is 1.53 bits per heavy atom. The lowest BCUT2D eigenvalue weighted by Crippen LogP contribution is -2.37. The minimum atomic E-state index is -4.10. The normalized spacial score (nSPS) is 15.1. The van der Waals surface area contributed by atoms with Gasteiger partial charge in [0.05, 0.1) is 39.4 Å². The minimum absolute atomic E-state index is 0.251. The number of thioether (sulfide) groups is 1. The van der Waals surface area contributed by atoms with Gasteiger partial charge in [-0.2, -0.15) is 26.0 Å². The van der Waals surface area contributed by atoms with Gasteiger partial charge in [0.25, 0.3) is 25.2 Å². The van der Waals surface area contributed by atoms with Gasteiger partial charge in [0.15, 0.2) is 6.54 Å². The molecule has 0 fully saturated rings. The second-order valence-electron chi connectivity index (χ2n) is 16.8. The molecule has 0 bridgehead atoms. The number of fused-ring (bicyclic) bond motifs is 8. The summed E-state index contributed by atoms with van der Waals surface area (Å²) in [6.45, 7) is 9.21. The van der Waals surface area contributed by atoms with Crippen molar-refractivity contribution in [1.82, 2.24) is 0 Å². The van der Waals surface area contributed by atoms with Gasteiger partial charge < -0.3 is 14.5 Å². The van der Waals surface area contributed by atoms with Crippen LogP contribution in [0.4, 0.5) is 11.4 Å². The average molecular weight is 1050 g/mol. The number of rotatable bonds is 15. The van der Waals surface area contributed by atoms with E-state index in [9.17, 15) is 25.9 Å². The first-order chi connectivity index (χ1) is 33.8. The number of hydrogen-bond donors (Lipinski definition) is 2. The standard InChI is InChI=1S/C30H30N2O7S6.C23H23N2/c1-3-19(16-26-31(10-4-14-44(33,34)35)28-21-9-12-40-23(21)6-7-24(28)42-26)17-27-32(11-5-15-45(36,37)38)29-25(43-27)18-22(39-2)20-8-13-41-30(20)29;1-3-24-20(15-13-18-9-5-7-11-22(18)24)17-21-16-14-19-10-6-8-12-23(19)25(21)4-2/h6-9,12-13,16-18H,3-5,10-11,14-15H2,1-2H3,(H-,33,34,35,36,37,38);5-17H,3-4H2,1-2H3/q;+1/p+1. The first kappa shape index (κ1) is 49.6. The number of para-hydroxylation sites is 2. The fourth-order valence-electron chi connectivity index (χ4n) is 9.19. The van der Waals surface area contributed by atoms with E-state index in [1.165, 1.54) is 33.5 Å². The molecule has 0 unspecified atom stereocenters. The van der Waals surface area contributed by atoms with Crippen LogP contribution in [0.5, 0.6) is 5.75 Å². The first-order valence-electron chi connectivity index (χ1n) is 23.1. The third kappa shape index (κ3) is 10.6. The molecule has 4 aromatic heterocycles. The van der Waals surface area contributed by atoms with Crippen molar-refractivity contribution >= 4 is 137 Å². The van der Waals surface area contributed by atoms with E-state index in [4.69, 9.17) is 4.74 Å². The molecule has 11 nitrogen and oxygen atoms in total. The second-order valence-corrected chi connectivity index (χ2v) is 23.9. The lowest BCUT2D eigenvalue weighted by atomic mass is 10.0. The number of benzene rings is 4. The molecule has 17 heteroatoms. The average Bonchev–Trinajstić information content (AvgIpc) is 4.16. The van der Waals surface area contributed by atoms with Gasteiger partial charge in [-0.25, -0.2) is 0 Å². The van der Waals surface area contributed by atoms with Crippen LogP contribution in [0.1, 0.15) is 56.3 Å². The van der Waals surface area contributed by atoms with E-state index >= 15 is 0 Å². The number of aryl methyl sites for hydroxylation is 2. The Labute approximate surface area is 425 Å².